The molecular weight excluding hydrogens is 488 g/mol. The van der Waals surface area contributed by atoms with Gasteiger partial charge in [0.2, 0.25) is 11.8 Å². The Balaban J connectivity index is 0.000000192. The minimum Gasteiger partial charge on any atom is -0.477 e. The molecule has 0 radical (unpaired) electrons. The Kier molecular flexibility index (Phi) is 7.75. The molecule has 0 aromatic rings. The highest BCUT2D eigenvalue weighted by molar-refractivity contribution is 8.00. The molecule has 0 aromatic heterocycles. The average molecular weight is 513 g/mol. The molecule has 2 amide bonds. The van der Waals surface area contributed by atoms with Crippen LogP contribution in [0.1, 0.15) is 13.8 Å². The van der Waals surface area contributed by atoms with Crippen molar-refractivity contribution in [1.82, 2.24) is 9.80 Å². The van der Waals surface area contributed by atoms with E-state index < -0.39 is 35.9 Å². The second-order valence-electron chi connectivity index (χ2n) is 7.59. The molecular formula is C20H24N4O8S2. The van der Waals surface area contributed by atoms with Crippen molar-refractivity contribution in [3.8, 4) is 0 Å². The van der Waals surface area contributed by atoms with E-state index in [1.54, 1.807) is 12.2 Å². The van der Waals surface area contributed by atoms with Gasteiger partial charge in [0.25, 0.3) is 0 Å². The van der Waals surface area contributed by atoms with Gasteiger partial charge in [0, 0.05) is 24.0 Å². The van der Waals surface area contributed by atoms with Gasteiger partial charge in [-0.3, -0.25) is 24.2 Å². The van der Waals surface area contributed by atoms with Crippen LogP contribution >= 0.6 is 23.5 Å². The van der Waals surface area contributed by atoms with Crippen LogP contribution in [0.2, 0.25) is 0 Å². The molecule has 2 saturated heterocycles. The quantitative estimate of drug-likeness (QED) is 0.267. The fourth-order valence-electron chi connectivity index (χ4n) is 3.75. The Morgan fingerprint density at radius 2 is 1.50 bits per heavy atom. The van der Waals surface area contributed by atoms with E-state index in [1.165, 1.54) is 40.2 Å². The lowest BCUT2D eigenvalue weighted by Gasteiger charge is -2.47. The number of carbonyl (C=O) groups is 5. The van der Waals surface area contributed by atoms with E-state index in [4.69, 9.17) is 26.4 Å². The summed E-state index contributed by atoms with van der Waals surface area (Å²) in [6.45, 7) is 2.94. The smallest absolute Gasteiger partial charge is 0.352 e. The zero-order chi connectivity index (χ0) is 25.3. The summed E-state index contributed by atoms with van der Waals surface area (Å²) >= 11 is 2.87. The number of esters is 1. The van der Waals surface area contributed by atoms with Gasteiger partial charge in [0.05, 0.1) is 0 Å². The van der Waals surface area contributed by atoms with E-state index in [1.807, 2.05) is 6.92 Å². The lowest BCUT2D eigenvalue weighted by molar-refractivity contribution is -0.148. The van der Waals surface area contributed by atoms with Crippen LogP contribution in [0.15, 0.2) is 34.7 Å². The lowest BCUT2D eigenvalue weighted by Crippen LogP contribution is -2.68. The highest BCUT2D eigenvalue weighted by Crippen LogP contribution is 2.40. The summed E-state index contributed by atoms with van der Waals surface area (Å²) in [4.78, 5) is 58.7. The first-order chi connectivity index (χ1) is 16.0. The second kappa shape index (κ2) is 10.2. The van der Waals surface area contributed by atoms with Gasteiger partial charge in [-0.1, -0.05) is 12.2 Å². The number of fused-ring (bicyclic) bond motifs is 2. The molecule has 0 spiro atoms. The largest absolute Gasteiger partial charge is 0.477 e. The first kappa shape index (κ1) is 25.8. The summed E-state index contributed by atoms with van der Waals surface area (Å²) in [5.74, 6) is -2.53. The van der Waals surface area contributed by atoms with Crippen LogP contribution in [0.4, 0.5) is 0 Å². The molecule has 4 aliphatic rings. The topological polar surface area (TPSA) is 194 Å². The predicted octanol–water partition coefficient (Wildman–Crippen LogP) is -0.726. The van der Waals surface area contributed by atoms with Gasteiger partial charge in [0.1, 0.15) is 40.8 Å². The maximum atomic E-state index is 11.6. The van der Waals surface area contributed by atoms with Crippen LogP contribution < -0.4 is 11.5 Å². The number of amides is 2. The summed E-state index contributed by atoms with van der Waals surface area (Å²) in [7, 11) is 0. The zero-order valence-corrected chi connectivity index (χ0v) is 19.9. The number of aliphatic carboxylic acids is 2. The van der Waals surface area contributed by atoms with E-state index >= 15 is 0 Å². The molecule has 4 rings (SSSR count). The molecule has 4 atom stereocenters. The number of hydrogen-bond donors (Lipinski definition) is 4. The van der Waals surface area contributed by atoms with Crippen molar-refractivity contribution in [3.05, 3.63) is 34.7 Å². The number of carbonyl (C=O) groups excluding carboxylic acids is 3. The molecule has 184 valence electrons. The highest BCUT2D eigenvalue weighted by Gasteiger charge is 2.52. The molecule has 0 aromatic carbocycles. The SMILES string of the molecule is C/C=C\C1=C(C(=O)O)N2C(=O)C(N)[C@H]2SC1.CC(=O)OCC1=C(C(=O)O)N2C(=O)[C@@H](N)[C@H]2SC1. The maximum Gasteiger partial charge on any atom is 0.352 e. The van der Waals surface area contributed by atoms with Crippen molar-refractivity contribution < 1.29 is 38.9 Å². The van der Waals surface area contributed by atoms with Crippen molar-refractivity contribution in [2.45, 2.75) is 36.7 Å². The van der Waals surface area contributed by atoms with Gasteiger partial charge < -0.3 is 26.4 Å². The summed E-state index contributed by atoms with van der Waals surface area (Å²) in [5, 5.41) is 17.7. The highest BCUT2D eigenvalue weighted by atomic mass is 32.2. The molecule has 6 N–H and O–H groups in total. The Labute approximate surface area is 203 Å². The van der Waals surface area contributed by atoms with Crippen molar-refractivity contribution >= 4 is 53.2 Å². The number of thioether (sulfide) groups is 2. The summed E-state index contributed by atoms with van der Waals surface area (Å²) in [6.07, 6.45) is 3.49. The minimum atomic E-state index is -1.21. The zero-order valence-electron chi connectivity index (χ0n) is 18.3. The third-order valence-electron chi connectivity index (χ3n) is 5.35. The Bertz CT molecular complexity index is 1040. The van der Waals surface area contributed by atoms with E-state index in [0.717, 1.165) is 0 Å². The van der Waals surface area contributed by atoms with Crippen LogP contribution in [0.25, 0.3) is 0 Å². The Morgan fingerprint density at radius 3 is 1.97 bits per heavy atom. The normalized spacial score (nSPS) is 27.9. The maximum absolute atomic E-state index is 11.6. The molecule has 0 aliphatic carbocycles. The molecule has 12 nitrogen and oxygen atoms in total. The van der Waals surface area contributed by atoms with E-state index in [9.17, 15) is 24.0 Å². The molecule has 4 aliphatic heterocycles. The van der Waals surface area contributed by atoms with Crippen molar-refractivity contribution in [2.24, 2.45) is 11.5 Å². The third-order valence-corrected chi connectivity index (χ3v) is 8.03. The number of carboxylic acid groups (broad SMARTS) is 2. The van der Waals surface area contributed by atoms with Crippen LogP contribution in [0.3, 0.4) is 0 Å². The number of β-lactam (4-membered cyclic amide) rings is 2. The van der Waals surface area contributed by atoms with Gasteiger partial charge in [-0.2, -0.15) is 0 Å². The fourth-order valence-corrected chi connectivity index (χ4v) is 6.29. The van der Waals surface area contributed by atoms with Crippen LogP contribution in [-0.2, 0) is 28.7 Å². The molecule has 0 bridgehead atoms. The Morgan fingerprint density at radius 1 is 1.00 bits per heavy atom. The van der Waals surface area contributed by atoms with Gasteiger partial charge in [-0.25, -0.2) is 9.59 Å². The van der Waals surface area contributed by atoms with E-state index in [2.05, 4.69) is 0 Å². The number of hydrogen-bond acceptors (Lipinski definition) is 10. The van der Waals surface area contributed by atoms with Crippen molar-refractivity contribution in [2.75, 3.05) is 18.1 Å². The van der Waals surface area contributed by atoms with Gasteiger partial charge in [0.15, 0.2) is 0 Å². The van der Waals surface area contributed by atoms with Crippen molar-refractivity contribution in [3.63, 3.8) is 0 Å². The molecule has 14 heteroatoms. The number of allylic oxidation sites excluding steroid dienone is 2. The summed E-state index contributed by atoms with van der Waals surface area (Å²) < 4.78 is 4.79. The molecule has 1 unspecified atom stereocenters. The summed E-state index contributed by atoms with van der Waals surface area (Å²) in [6, 6.07) is -1.22. The Hall–Kier alpha value is -2.81. The first-order valence-electron chi connectivity index (χ1n) is 10.1. The average Bonchev–Trinajstić information content (AvgIpc) is 2.80. The van der Waals surface area contributed by atoms with Gasteiger partial charge >= 0.3 is 17.9 Å². The standard InChI is InChI=1S/C10H12N2O5S.C10H12N2O3S/c1-4(13)17-2-5-3-18-9-6(11)8(14)12(9)7(5)10(15)16;1-2-3-5-4-16-9-6(11)8(13)12(9)7(5)10(14)15/h6,9H,2-3,11H2,1H3,(H,15,16);2-3,6,9H,4,11H2,1H3,(H,14,15)/b;3-2-/t6-,9-;6?,9-/m11/s1. The third kappa shape index (κ3) is 4.58. The van der Waals surface area contributed by atoms with Crippen LogP contribution in [0, 0.1) is 0 Å². The van der Waals surface area contributed by atoms with Crippen molar-refractivity contribution in [1.29, 1.82) is 0 Å². The second-order valence-corrected chi connectivity index (χ2v) is 9.80. The van der Waals surface area contributed by atoms with E-state index in [0.29, 0.717) is 22.7 Å². The van der Waals surface area contributed by atoms with Crippen LogP contribution in [0.5, 0.6) is 0 Å². The first-order valence-corrected chi connectivity index (χ1v) is 12.2. The number of rotatable bonds is 5. The number of nitrogens with two attached hydrogens (primary N) is 2. The van der Waals surface area contributed by atoms with Gasteiger partial charge in [-0.05, 0) is 12.5 Å². The number of ether oxygens (including phenoxy) is 1. The fraction of sp³-hybridized carbons (Fsp3) is 0.450. The summed E-state index contributed by atoms with van der Waals surface area (Å²) in [5.41, 5.74) is 12.3. The monoisotopic (exact) mass is 512 g/mol. The molecule has 0 saturated carbocycles. The predicted molar refractivity (Wildman–Crippen MR) is 123 cm³/mol. The van der Waals surface area contributed by atoms with Crippen LogP contribution in [-0.4, -0.2) is 90.7 Å². The lowest BCUT2D eigenvalue weighted by atomic mass is 10.0. The number of nitrogens with zero attached hydrogens (tertiary/aromatic N) is 2. The molecule has 2 fully saturated rings. The van der Waals surface area contributed by atoms with E-state index in [-0.39, 0.29) is 34.7 Å². The van der Waals surface area contributed by atoms with Gasteiger partial charge in [-0.15, -0.1) is 23.5 Å². The molecule has 4 heterocycles. The number of carboxylic acids is 2. The molecule has 34 heavy (non-hydrogen) atoms. The minimum absolute atomic E-state index is 0.0774.